The summed E-state index contributed by atoms with van der Waals surface area (Å²) in [5.74, 6) is -2.08. The molecule has 2 aromatic heterocycles. The van der Waals surface area contributed by atoms with Crippen molar-refractivity contribution in [3.05, 3.63) is 117 Å². The maximum absolute atomic E-state index is 13.6. The second-order valence-electron chi connectivity index (χ2n) is 9.45. The number of aliphatic hydroxyl groups is 1. The van der Waals surface area contributed by atoms with Gasteiger partial charge in [0, 0.05) is 30.1 Å². The number of sulfone groups is 1. The zero-order valence-corrected chi connectivity index (χ0v) is 23.3. The van der Waals surface area contributed by atoms with Gasteiger partial charge in [0.15, 0.2) is 16.7 Å². The summed E-state index contributed by atoms with van der Waals surface area (Å²) in [7, 11) is -4.15. The maximum atomic E-state index is 13.6. The number of nitrogens with zero attached hydrogens (tertiary/aromatic N) is 4. The molecule has 0 fully saturated rings. The van der Waals surface area contributed by atoms with Crippen LogP contribution in [0.5, 0.6) is 0 Å². The molecule has 1 N–H and O–H groups in total. The second-order valence-corrected chi connectivity index (χ2v) is 12.6. The highest BCUT2D eigenvalue weighted by Crippen LogP contribution is 2.44. The Bertz CT molecular complexity index is 1800. The molecule has 0 aliphatic carbocycles. The topological polar surface area (TPSA) is 161 Å². The fourth-order valence-electron chi connectivity index (χ4n) is 4.42. The quantitative estimate of drug-likeness (QED) is 0.165. The lowest BCUT2D eigenvalue weighted by Gasteiger charge is -2.25. The van der Waals surface area contributed by atoms with Gasteiger partial charge in [-0.2, -0.15) is 0 Å². The molecular weight excluding hydrogens is 568 g/mol. The lowest BCUT2D eigenvalue weighted by atomic mass is 9.92. The minimum Gasteiger partial charge on any atom is -0.503 e. The van der Waals surface area contributed by atoms with Crippen LogP contribution in [0.2, 0.25) is 0 Å². The molecule has 11 nitrogen and oxygen atoms in total. The number of aliphatic hydroxyl groups excluding tert-OH is 1. The summed E-state index contributed by atoms with van der Waals surface area (Å²) < 4.78 is 26.3. The molecule has 3 heterocycles. The number of nitro groups is 1. The molecule has 0 bridgehead atoms. The van der Waals surface area contributed by atoms with Crippen LogP contribution < -0.4 is 4.90 Å². The summed E-state index contributed by atoms with van der Waals surface area (Å²) in [5.41, 5.74) is 1.23. The molecule has 1 aliphatic heterocycles. The Balaban J connectivity index is 1.58. The van der Waals surface area contributed by atoms with Crippen molar-refractivity contribution >= 4 is 43.7 Å². The van der Waals surface area contributed by atoms with Gasteiger partial charge in [0.25, 0.3) is 11.6 Å². The number of rotatable bonds is 8. The third-order valence-corrected chi connectivity index (χ3v) is 9.82. The smallest absolute Gasteiger partial charge is 0.296 e. The molecule has 0 saturated carbocycles. The Morgan fingerprint density at radius 3 is 2.34 bits per heavy atom. The fraction of sp³-hybridized carbons (Fsp3) is 0.143. The van der Waals surface area contributed by atoms with Gasteiger partial charge in [-0.3, -0.25) is 29.6 Å². The van der Waals surface area contributed by atoms with Crippen LogP contribution in [0.25, 0.3) is 0 Å². The van der Waals surface area contributed by atoms with Crippen LogP contribution in [-0.4, -0.2) is 40.1 Å². The molecule has 0 spiro atoms. The molecule has 2 aromatic carbocycles. The lowest BCUT2D eigenvalue weighted by Crippen LogP contribution is -2.31. The van der Waals surface area contributed by atoms with Gasteiger partial charge in [0.1, 0.15) is 4.21 Å². The highest BCUT2D eigenvalue weighted by atomic mass is 32.2. The highest BCUT2D eigenvalue weighted by Gasteiger charge is 2.46. The molecular formula is C28H22N4O7S2. The Kier molecular flexibility index (Phi) is 7.24. The van der Waals surface area contributed by atoms with Gasteiger partial charge in [-0.1, -0.05) is 49.4 Å². The SMILES string of the molecule is CC(C)c1ccc(C2C(C(=O)c3cccnc3)=C(O)C(=O)N2c2ncc(S(=O)(=O)c3ccc([N+](=O)[O-])cc3)s2)cc1. The van der Waals surface area contributed by atoms with Gasteiger partial charge in [0.2, 0.25) is 9.84 Å². The number of carbonyl (C=O) groups is 2. The van der Waals surface area contributed by atoms with E-state index in [4.69, 9.17) is 0 Å². The van der Waals surface area contributed by atoms with Crippen molar-refractivity contribution in [2.24, 2.45) is 0 Å². The average Bonchev–Trinajstić information content (AvgIpc) is 3.56. The molecule has 208 valence electrons. The first-order chi connectivity index (χ1) is 19.5. The zero-order chi connectivity index (χ0) is 29.5. The van der Waals surface area contributed by atoms with Gasteiger partial charge in [-0.25, -0.2) is 13.4 Å². The van der Waals surface area contributed by atoms with Gasteiger partial charge >= 0.3 is 0 Å². The summed E-state index contributed by atoms with van der Waals surface area (Å²) in [5, 5.41) is 21.9. The van der Waals surface area contributed by atoms with Crippen molar-refractivity contribution in [3.63, 3.8) is 0 Å². The van der Waals surface area contributed by atoms with E-state index in [1.807, 2.05) is 26.0 Å². The standard InChI is InChI=1S/C28H22N4O7S2/c1-16(2)17-5-7-18(8-6-17)24-23(25(33)19-4-3-13-29-14-19)26(34)27(35)31(24)28-30-15-22(40-28)41(38,39)21-11-9-20(10-12-21)32(36)37/h3-16,24,34H,1-2H3. The Morgan fingerprint density at radius 2 is 1.76 bits per heavy atom. The van der Waals surface area contributed by atoms with Gasteiger partial charge in [-0.15, -0.1) is 0 Å². The van der Waals surface area contributed by atoms with E-state index in [0.717, 1.165) is 40.9 Å². The second kappa shape index (κ2) is 10.7. The largest absolute Gasteiger partial charge is 0.503 e. The zero-order valence-electron chi connectivity index (χ0n) is 21.7. The van der Waals surface area contributed by atoms with E-state index in [9.17, 15) is 33.2 Å². The number of anilines is 1. The summed E-state index contributed by atoms with van der Waals surface area (Å²) in [6.45, 7) is 4.04. The van der Waals surface area contributed by atoms with Crippen LogP contribution in [0.1, 0.15) is 47.3 Å². The van der Waals surface area contributed by atoms with E-state index in [1.54, 1.807) is 18.2 Å². The number of thiazole rings is 1. The molecule has 0 saturated heterocycles. The Labute approximate surface area is 238 Å². The number of hydrogen-bond donors (Lipinski definition) is 1. The van der Waals surface area contributed by atoms with E-state index in [2.05, 4.69) is 9.97 Å². The highest BCUT2D eigenvalue weighted by molar-refractivity contribution is 7.93. The molecule has 0 radical (unpaired) electrons. The van der Waals surface area contributed by atoms with E-state index >= 15 is 0 Å². The van der Waals surface area contributed by atoms with Crippen LogP contribution in [0.3, 0.4) is 0 Å². The molecule has 1 amide bonds. The molecule has 1 aliphatic rings. The number of amides is 1. The fourth-order valence-corrected chi connectivity index (χ4v) is 6.96. The minimum atomic E-state index is -4.15. The summed E-state index contributed by atoms with van der Waals surface area (Å²) in [6.07, 6.45) is 3.88. The van der Waals surface area contributed by atoms with Crippen LogP contribution in [0.15, 0.2) is 99.7 Å². The van der Waals surface area contributed by atoms with Crippen LogP contribution in [0, 0.1) is 10.1 Å². The Hall–Kier alpha value is -4.75. The predicted molar refractivity (Wildman–Crippen MR) is 150 cm³/mol. The maximum Gasteiger partial charge on any atom is 0.296 e. The number of carbonyl (C=O) groups excluding carboxylic acids is 2. The number of ketones is 1. The van der Waals surface area contributed by atoms with Gasteiger partial charge in [0.05, 0.1) is 27.6 Å². The summed E-state index contributed by atoms with van der Waals surface area (Å²) in [4.78, 5) is 46.4. The van der Waals surface area contributed by atoms with Gasteiger partial charge < -0.3 is 5.11 Å². The first-order valence-corrected chi connectivity index (χ1v) is 14.6. The number of hydrogen-bond acceptors (Lipinski definition) is 10. The molecule has 41 heavy (non-hydrogen) atoms. The van der Waals surface area contributed by atoms with E-state index in [0.29, 0.717) is 16.9 Å². The van der Waals surface area contributed by atoms with E-state index in [-0.39, 0.29) is 37.0 Å². The van der Waals surface area contributed by atoms with E-state index < -0.39 is 38.3 Å². The first-order valence-electron chi connectivity index (χ1n) is 12.3. The van der Waals surface area contributed by atoms with Crippen molar-refractivity contribution in [1.29, 1.82) is 0 Å². The first kappa shape index (κ1) is 27.8. The third-order valence-electron chi connectivity index (χ3n) is 6.60. The normalized spacial score (nSPS) is 15.5. The predicted octanol–water partition coefficient (Wildman–Crippen LogP) is 5.19. The monoisotopic (exact) mass is 590 g/mol. The van der Waals surface area contributed by atoms with Gasteiger partial charge in [-0.05, 0) is 41.3 Å². The van der Waals surface area contributed by atoms with Crippen LogP contribution in [0.4, 0.5) is 10.8 Å². The minimum absolute atomic E-state index is 0.0611. The molecule has 13 heteroatoms. The number of non-ortho nitro benzene ring substituents is 1. The molecule has 1 unspecified atom stereocenters. The number of Topliss-reactive ketones (excluding diaryl/α,β-unsaturated/α-hetero) is 1. The third kappa shape index (κ3) is 5.00. The van der Waals surface area contributed by atoms with Crippen molar-refractivity contribution < 1.29 is 28.0 Å². The van der Waals surface area contributed by atoms with Crippen molar-refractivity contribution in [3.8, 4) is 0 Å². The number of benzene rings is 2. The average molecular weight is 591 g/mol. The summed E-state index contributed by atoms with van der Waals surface area (Å²) >= 11 is 0.675. The number of pyridine rings is 1. The van der Waals surface area contributed by atoms with Crippen LogP contribution in [-0.2, 0) is 14.6 Å². The lowest BCUT2D eigenvalue weighted by molar-refractivity contribution is -0.384. The van der Waals surface area contributed by atoms with E-state index in [1.165, 1.54) is 18.5 Å². The van der Waals surface area contributed by atoms with Crippen molar-refractivity contribution in [2.45, 2.75) is 34.9 Å². The summed E-state index contributed by atoms with van der Waals surface area (Å²) in [6, 6.07) is 13.6. The molecule has 5 rings (SSSR count). The van der Waals surface area contributed by atoms with Crippen molar-refractivity contribution in [1.82, 2.24) is 9.97 Å². The molecule has 1 atom stereocenters. The number of aromatic nitrogens is 2. The number of nitro benzene ring substituents is 1. The Morgan fingerprint density at radius 1 is 1.07 bits per heavy atom. The van der Waals surface area contributed by atoms with Crippen molar-refractivity contribution in [2.75, 3.05) is 4.90 Å². The van der Waals surface area contributed by atoms with Crippen LogP contribution >= 0.6 is 11.3 Å². The molecule has 4 aromatic rings.